The first-order valence-corrected chi connectivity index (χ1v) is 14.4. The van der Waals surface area contributed by atoms with Gasteiger partial charge in [0.15, 0.2) is 11.6 Å². The maximum atomic E-state index is 15.1. The predicted molar refractivity (Wildman–Crippen MR) is 153 cm³/mol. The molecule has 6 rings (SSSR count). The molecule has 2 atom stereocenters. The fourth-order valence-electron chi connectivity index (χ4n) is 6.64. The maximum absolute atomic E-state index is 15.1. The molecule has 11 nitrogen and oxygen atoms in total. The lowest BCUT2D eigenvalue weighted by Crippen LogP contribution is -2.57. The maximum Gasteiger partial charge on any atom is 0.318 e. The summed E-state index contributed by atoms with van der Waals surface area (Å²) in [5.41, 5.74) is -0.0612. The minimum absolute atomic E-state index is 0.0522. The Morgan fingerprint density at radius 1 is 1.26 bits per heavy atom. The van der Waals surface area contributed by atoms with E-state index in [0.29, 0.717) is 36.5 Å². The molecule has 3 aliphatic heterocycles. The molecule has 1 aromatic carbocycles. The second-order valence-electron chi connectivity index (χ2n) is 11.6. The van der Waals surface area contributed by atoms with Crippen molar-refractivity contribution in [1.29, 1.82) is 0 Å². The number of ether oxygens (including phenoxy) is 1. The number of aromatic nitrogens is 2. The summed E-state index contributed by atoms with van der Waals surface area (Å²) in [5, 5.41) is 10.6. The number of amides is 2. The first-order valence-electron chi connectivity index (χ1n) is 14.4. The van der Waals surface area contributed by atoms with E-state index in [1.807, 2.05) is 11.9 Å². The number of rotatable bonds is 7. The number of phenolic OH excluding ortho intramolecular Hbond substituents is 1. The van der Waals surface area contributed by atoms with Crippen molar-refractivity contribution in [3.63, 3.8) is 0 Å². The van der Waals surface area contributed by atoms with Crippen molar-refractivity contribution in [3.8, 4) is 11.8 Å². The fourth-order valence-corrected chi connectivity index (χ4v) is 6.64. The van der Waals surface area contributed by atoms with Gasteiger partial charge in [0.1, 0.15) is 29.9 Å². The number of para-hydroxylation sites is 1. The Morgan fingerprint density at radius 3 is 2.70 bits per heavy atom. The number of nitrogens with zero attached hydrogens (tertiary/aromatic N) is 7. The second-order valence-corrected chi connectivity index (χ2v) is 11.6. The minimum atomic E-state index is -1.09. The van der Waals surface area contributed by atoms with Crippen LogP contribution in [0.1, 0.15) is 36.9 Å². The highest BCUT2D eigenvalue weighted by Crippen LogP contribution is 2.58. The van der Waals surface area contributed by atoms with Crippen molar-refractivity contribution >= 4 is 23.3 Å². The first kappa shape index (κ1) is 28.8. The third kappa shape index (κ3) is 5.03. The number of carbonyl (C=O) groups excluding carboxylic acids is 2. The Balaban J connectivity index is 1.41. The van der Waals surface area contributed by atoms with E-state index < -0.39 is 35.0 Å². The van der Waals surface area contributed by atoms with Crippen LogP contribution in [0.3, 0.4) is 0 Å². The average molecular weight is 594 g/mol. The Hall–Kier alpha value is -4.31. The summed E-state index contributed by atoms with van der Waals surface area (Å²) in [6, 6.07) is 3.61. The minimum Gasteiger partial charge on any atom is -0.506 e. The van der Waals surface area contributed by atoms with E-state index in [1.165, 1.54) is 28.0 Å². The number of carbonyl (C=O) groups is 2. The van der Waals surface area contributed by atoms with Crippen molar-refractivity contribution in [2.45, 2.75) is 49.7 Å². The van der Waals surface area contributed by atoms with E-state index >= 15 is 4.39 Å². The van der Waals surface area contributed by atoms with Gasteiger partial charge in [-0.2, -0.15) is 9.97 Å². The smallest absolute Gasteiger partial charge is 0.318 e. The zero-order valence-electron chi connectivity index (χ0n) is 23.9. The van der Waals surface area contributed by atoms with Crippen LogP contribution in [0.25, 0.3) is 4.85 Å². The summed E-state index contributed by atoms with van der Waals surface area (Å²) in [5.74, 6) is -2.95. The van der Waals surface area contributed by atoms with Gasteiger partial charge in [-0.1, -0.05) is 12.6 Å². The van der Waals surface area contributed by atoms with Crippen LogP contribution in [-0.2, 0) is 21.5 Å². The average Bonchev–Trinajstić information content (AvgIpc) is 3.65. The number of hydrogen-bond acceptors (Lipinski definition) is 8. The number of phenols is 1. The van der Waals surface area contributed by atoms with Crippen molar-refractivity contribution in [2.24, 2.45) is 0 Å². The van der Waals surface area contributed by atoms with Gasteiger partial charge in [-0.25, -0.2) is 15.4 Å². The van der Waals surface area contributed by atoms with Gasteiger partial charge >= 0.3 is 6.01 Å². The molecule has 13 heteroatoms. The van der Waals surface area contributed by atoms with E-state index in [1.54, 1.807) is 0 Å². The van der Waals surface area contributed by atoms with Gasteiger partial charge in [-0.05, 0) is 51.4 Å². The van der Waals surface area contributed by atoms with Gasteiger partial charge in [0.05, 0.1) is 17.7 Å². The van der Waals surface area contributed by atoms with Crippen LogP contribution in [0, 0.1) is 12.4 Å². The normalized spacial score (nSPS) is 22.8. The summed E-state index contributed by atoms with van der Waals surface area (Å²) in [6.07, 6.45) is 2.88. The summed E-state index contributed by atoms with van der Waals surface area (Å²) in [4.78, 5) is 46.0. The number of hydrogen-bond donors (Lipinski definition) is 1. The molecule has 1 saturated carbocycles. The monoisotopic (exact) mass is 593 g/mol. The number of anilines is 2. The molecule has 0 unspecified atom stereocenters. The lowest BCUT2D eigenvalue weighted by molar-refractivity contribution is -0.131. The van der Waals surface area contributed by atoms with Crippen molar-refractivity contribution < 1.29 is 28.2 Å². The number of likely N-dealkylation sites (tertiary alicyclic amines) is 1. The van der Waals surface area contributed by atoms with Crippen LogP contribution in [-0.4, -0.2) is 95.2 Å². The Labute approximate surface area is 248 Å². The number of aromatic hydroxyl groups is 1. The highest BCUT2D eigenvalue weighted by molar-refractivity contribution is 6.01. The lowest BCUT2D eigenvalue weighted by atomic mass is 9.93. The van der Waals surface area contributed by atoms with E-state index in [-0.39, 0.29) is 56.1 Å². The Bertz CT molecular complexity index is 1500. The summed E-state index contributed by atoms with van der Waals surface area (Å²) < 4.78 is 35.1. The molecule has 1 aliphatic carbocycles. The second kappa shape index (κ2) is 11.1. The molecule has 2 saturated heterocycles. The molecular formula is C30H33F2N7O4. The van der Waals surface area contributed by atoms with E-state index in [4.69, 9.17) is 21.3 Å². The van der Waals surface area contributed by atoms with Crippen LogP contribution in [0.4, 0.5) is 20.3 Å². The predicted octanol–water partition coefficient (Wildman–Crippen LogP) is 2.79. The third-order valence-corrected chi connectivity index (χ3v) is 8.98. The zero-order chi connectivity index (χ0) is 30.5. The van der Waals surface area contributed by atoms with Gasteiger partial charge in [0, 0.05) is 31.2 Å². The molecular weight excluding hydrogens is 560 g/mol. The molecule has 1 aromatic heterocycles. The van der Waals surface area contributed by atoms with Crippen LogP contribution >= 0.6 is 0 Å². The highest BCUT2D eigenvalue weighted by Gasteiger charge is 2.59. The topological polar surface area (TPSA) is 107 Å². The van der Waals surface area contributed by atoms with Gasteiger partial charge in [-0.3, -0.25) is 14.5 Å². The standard InChI is InChI=1S/C30H33F2N7O4/c1-18(31)28(42)38-13-12-37(16-20(38)15-33-2)27-21-14-24(41)39(25-22(32)7-4-8-23(25)40)30(9-10-30)26(21)34-29(35-27)43-17-19-6-5-11-36(19)3/h4,7-8,19-20,40H,1,5-6,9-17H2,3H3/t19-,20-/m0/s1. The number of halogens is 2. The first-order chi connectivity index (χ1) is 20.6. The summed E-state index contributed by atoms with van der Waals surface area (Å²) in [6.45, 7) is 12.4. The summed E-state index contributed by atoms with van der Waals surface area (Å²) >= 11 is 0. The highest BCUT2D eigenvalue weighted by atomic mass is 19.1. The van der Waals surface area contributed by atoms with E-state index in [2.05, 4.69) is 16.3 Å². The van der Waals surface area contributed by atoms with Gasteiger partial charge in [-0.15, -0.1) is 0 Å². The molecule has 2 aromatic rings. The zero-order valence-corrected chi connectivity index (χ0v) is 23.9. The number of benzene rings is 1. The number of piperazine rings is 1. The molecule has 4 heterocycles. The number of fused-ring (bicyclic) bond motifs is 2. The van der Waals surface area contributed by atoms with Crippen molar-refractivity contribution in [3.05, 3.63) is 59.1 Å². The molecule has 226 valence electrons. The van der Waals surface area contributed by atoms with Crippen LogP contribution in [0.5, 0.6) is 11.8 Å². The Morgan fingerprint density at radius 2 is 2.05 bits per heavy atom. The van der Waals surface area contributed by atoms with Gasteiger partial charge < -0.3 is 29.4 Å². The van der Waals surface area contributed by atoms with Crippen molar-refractivity contribution in [1.82, 2.24) is 19.8 Å². The quantitative estimate of drug-likeness (QED) is 0.386. The molecule has 1 spiro atoms. The molecule has 0 radical (unpaired) electrons. The molecule has 2 amide bonds. The van der Waals surface area contributed by atoms with Gasteiger partial charge in [0.2, 0.25) is 12.5 Å². The van der Waals surface area contributed by atoms with Crippen LogP contribution in [0.2, 0.25) is 0 Å². The van der Waals surface area contributed by atoms with Crippen LogP contribution in [0.15, 0.2) is 30.6 Å². The molecule has 0 bridgehead atoms. The molecule has 3 fully saturated rings. The SMILES string of the molecule is [C-]#[N+]C[C@H]1CN(c2nc(OC[C@@H]3CCCN3C)nc3c2CC(=O)N(c2c(O)cccc2F)C32CC2)CCN1C(=O)C(=C)F. The lowest BCUT2D eigenvalue weighted by Gasteiger charge is -2.42. The van der Waals surface area contributed by atoms with Crippen molar-refractivity contribution in [2.75, 3.05) is 56.2 Å². The number of likely N-dealkylation sites (N-methyl/N-ethyl adjacent to an activating group) is 1. The van der Waals surface area contributed by atoms with Gasteiger partial charge in [0.25, 0.3) is 5.91 Å². The van der Waals surface area contributed by atoms with E-state index in [0.717, 1.165) is 19.4 Å². The fraction of sp³-hybridized carbons (Fsp3) is 0.500. The third-order valence-electron chi connectivity index (χ3n) is 8.98. The summed E-state index contributed by atoms with van der Waals surface area (Å²) in [7, 11) is 2.04. The molecule has 1 N–H and O–H groups in total. The largest absolute Gasteiger partial charge is 0.506 e. The van der Waals surface area contributed by atoms with Crippen LogP contribution < -0.4 is 14.5 Å². The van der Waals surface area contributed by atoms with E-state index in [9.17, 15) is 19.1 Å². The molecule has 4 aliphatic rings. The molecule has 43 heavy (non-hydrogen) atoms. The Kier molecular flexibility index (Phi) is 7.41.